The van der Waals surface area contributed by atoms with E-state index in [-0.39, 0.29) is 5.56 Å². The standard InChI is InChI=1S/C11H12N4O2/c1-15-7-8(5-14-15)4-13-10-6-12-3-2-9(10)11(16)17/h2-3,5-7,13H,4H2,1H3,(H,16,17). The third-order valence-electron chi connectivity index (χ3n) is 2.29. The summed E-state index contributed by atoms with van der Waals surface area (Å²) in [5.41, 5.74) is 1.69. The van der Waals surface area contributed by atoms with Gasteiger partial charge in [0.1, 0.15) is 0 Å². The molecule has 88 valence electrons. The third kappa shape index (κ3) is 2.60. The van der Waals surface area contributed by atoms with Gasteiger partial charge in [0.2, 0.25) is 0 Å². The molecule has 17 heavy (non-hydrogen) atoms. The van der Waals surface area contributed by atoms with E-state index in [1.165, 1.54) is 18.5 Å². The molecule has 0 aromatic carbocycles. The van der Waals surface area contributed by atoms with Crippen molar-refractivity contribution in [2.45, 2.75) is 6.54 Å². The number of anilines is 1. The second-order valence-corrected chi connectivity index (χ2v) is 3.60. The van der Waals surface area contributed by atoms with Crippen LogP contribution in [0.25, 0.3) is 0 Å². The van der Waals surface area contributed by atoms with Crippen LogP contribution in [0.15, 0.2) is 30.9 Å². The number of aryl methyl sites for hydroxylation is 1. The highest BCUT2D eigenvalue weighted by atomic mass is 16.4. The molecule has 0 saturated carbocycles. The lowest BCUT2D eigenvalue weighted by atomic mass is 10.2. The minimum Gasteiger partial charge on any atom is -0.478 e. The maximum atomic E-state index is 11.0. The van der Waals surface area contributed by atoms with E-state index in [0.29, 0.717) is 12.2 Å². The molecule has 2 rings (SSSR count). The van der Waals surface area contributed by atoms with Crippen LogP contribution in [0.2, 0.25) is 0 Å². The SMILES string of the molecule is Cn1cc(CNc2cnccc2C(=O)O)cn1. The zero-order valence-corrected chi connectivity index (χ0v) is 9.29. The van der Waals surface area contributed by atoms with Gasteiger partial charge >= 0.3 is 5.97 Å². The van der Waals surface area contributed by atoms with Crippen molar-refractivity contribution in [1.82, 2.24) is 14.8 Å². The van der Waals surface area contributed by atoms with Gasteiger partial charge in [0, 0.05) is 31.5 Å². The van der Waals surface area contributed by atoms with E-state index < -0.39 is 5.97 Å². The minimum atomic E-state index is -0.971. The van der Waals surface area contributed by atoms with Gasteiger partial charge in [-0.3, -0.25) is 9.67 Å². The number of carboxylic acids is 1. The molecule has 0 aliphatic carbocycles. The van der Waals surface area contributed by atoms with Gasteiger partial charge in [-0.15, -0.1) is 0 Å². The molecule has 6 nitrogen and oxygen atoms in total. The highest BCUT2D eigenvalue weighted by Gasteiger charge is 2.09. The summed E-state index contributed by atoms with van der Waals surface area (Å²) in [6.45, 7) is 0.514. The Morgan fingerprint density at radius 3 is 3.00 bits per heavy atom. The number of carboxylic acid groups (broad SMARTS) is 1. The van der Waals surface area contributed by atoms with E-state index in [2.05, 4.69) is 15.4 Å². The predicted octanol–water partition coefficient (Wildman–Crippen LogP) is 1.13. The van der Waals surface area contributed by atoms with Crippen molar-refractivity contribution in [3.05, 3.63) is 42.0 Å². The maximum absolute atomic E-state index is 11.0. The molecule has 0 atom stereocenters. The lowest BCUT2D eigenvalue weighted by Gasteiger charge is -2.07. The van der Waals surface area contributed by atoms with Crippen molar-refractivity contribution in [2.24, 2.45) is 7.05 Å². The highest BCUT2D eigenvalue weighted by Crippen LogP contribution is 2.14. The molecule has 2 aromatic rings. The molecule has 0 amide bonds. The summed E-state index contributed by atoms with van der Waals surface area (Å²) < 4.78 is 1.69. The van der Waals surface area contributed by atoms with Crippen LogP contribution in [0.1, 0.15) is 15.9 Å². The van der Waals surface area contributed by atoms with E-state index in [1.54, 1.807) is 10.9 Å². The number of hydrogen-bond acceptors (Lipinski definition) is 4. The first kappa shape index (κ1) is 11.1. The fourth-order valence-electron chi connectivity index (χ4n) is 1.48. The number of aromatic carboxylic acids is 1. The summed E-state index contributed by atoms with van der Waals surface area (Å²) in [4.78, 5) is 14.9. The Labute approximate surface area is 97.9 Å². The highest BCUT2D eigenvalue weighted by molar-refractivity contribution is 5.93. The van der Waals surface area contributed by atoms with Gasteiger partial charge in [0.05, 0.1) is 23.6 Å². The minimum absolute atomic E-state index is 0.212. The zero-order valence-electron chi connectivity index (χ0n) is 9.29. The Bertz CT molecular complexity index is 536. The van der Waals surface area contributed by atoms with Crippen molar-refractivity contribution >= 4 is 11.7 Å². The Morgan fingerprint density at radius 1 is 1.53 bits per heavy atom. The smallest absolute Gasteiger partial charge is 0.337 e. The molecular weight excluding hydrogens is 220 g/mol. The molecule has 2 heterocycles. The van der Waals surface area contributed by atoms with Crippen LogP contribution in [0.3, 0.4) is 0 Å². The van der Waals surface area contributed by atoms with Crippen molar-refractivity contribution in [3.63, 3.8) is 0 Å². The number of nitrogens with one attached hydrogen (secondary N) is 1. The summed E-state index contributed by atoms with van der Waals surface area (Å²) in [5, 5.41) is 16.0. The summed E-state index contributed by atoms with van der Waals surface area (Å²) in [7, 11) is 1.83. The van der Waals surface area contributed by atoms with Gasteiger partial charge in [-0.1, -0.05) is 0 Å². The Morgan fingerprint density at radius 2 is 2.35 bits per heavy atom. The largest absolute Gasteiger partial charge is 0.478 e. The van der Waals surface area contributed by atoms with Gasteiger partial charge in [-0.2, -0.15) is 5.10 Å². The predicted molar refractivity (Wildman–Crippen MR) is 61.7 cm³/mol. The first-order valence-electron chi connectivity index (χ1n) is 5.05. The number of hydrogen-bond donors (Lipinski definition) is 2. The average molecular weight is 232 g/mol. The molecular formula is C11H12N4O2. The first-order chi connectivity index (χ1) is 8.16. The maximum Gasteiger partial charge on any atom is 0.337 e. The summed E-state index contributed by atoms with van der Waals surface area (Å²) >= 11 is 0. The third-order valence-corrected chi connectivity index (χ3v) is 2.29. The van der Waals surface area contributed by atoms with E-state index in [0.717, 1.165) is 5.56 Å². The number of pyridine rings is 1. The van der Waals surface area contributed by atoms with Crippen LogP contribution in [-0.2, 0) is 13.6 Å². The molecule has 0 aliphatic rings. The van der Waals surface area contributed by atoms with E-state index in [9.17, 15) is 4.79 Å². The van der Waals surface area contributed by atoms with Crippen LogP contribution < -0.4 is 5.32 Å². The van der Waals surface area contributed by atoms with Crippen LogP contribution in [0.4, 0.5) is 5.69 Å². The van der Waals surface area contributed by atoms with Crippen LogP contribution in [0, 0.1) is 0 Å². The summed E-state index contributed by atoms with van der Waals surface area (Å²) in [5.74, 6) is -0.971. The first-order valence-corrected chi connectivity index (χ1v) is 5.05. The Hall–Kier alpha value is -2.37. The summed E-state index contributed by atoms with van der Waals surface area (Å²) in [6, 6.07) is 1.47. The van der Waals surface area contributed by atoms with E-state index in [1.807, 2.05) is 13.2 Å². The number of aromatic nitrogens is 3. The second kappa shape index (κ2) is 4.65. The van der Waals surface area contributed by atoms with Gasteiger partial charge in [0.15, 0.2) is 0 Å². The monoisotopic (exact) mass is 232 g/mol. The van der Waals surface area contributed by atoms with Gasteiger partial charge < -0.3 is 10.4 Å². The molecule has 0 spiro atoms. The normalized spacial score (nSPS) is 10.2. The lowest BCUT2D eigenvalue weighted by molar-refractivity contribution is 0.0698. The van der Waals surface area contributed by atoms with Crippen LogP contribution in [-0.4, -0.2) is 25.8 Å². The lowest BCUT2D eigenvalue weighted by Crippen LogP contribution is -2.06. The average Bonchev–Trinajstić information content (AvgIpc) is 2.73. The van der Waals surface area contributed by atoms with Crippen LogP contribution in [0.5, 0.6) is 0 Å². The number of nitrogens with zero attached hydrogens (tertiary/aromatic N) is 3. The van der Waals surface area contributed by atoms with E-state index in [4.69, 9.17) is 5.11 Å². The van der Waals surface area contributed by atoms with Crippen molar-refractivity contribution in [1.29, 1.82) is 0 Å². The molecule has 0 saturated heterocycles. The quantitative estimate of drug-likeness (QED) is 0.825. The summed E-state index contributed by atoms with van der Waals surface area (Å²) in [6.07, 6.45) is 6.55. The molecule has 0 radical (unpaired) electrons. The molecule has 6 heteroatoms. The zero-order chi connectivity index (χ0) is 12.3. The Balaban J connectivity index is 2.11. The fraction of sp³-hybridized carbons (Fsp3) is 0.182. The molecule has 0 aliphatic heterocycles. The molecule has 0 unspecified atom stereocenters. The van der Waals surface area contributed by atoms with Gasteiger partial charge in [-0.05, 0) is 6.07 Å². The van der Waals surface area contributed by atoms with Gasteiger partial charge in [0.25, 0.3) is 0 Å². The second-order valence-electron chi connectivity index (χ2n) is 3.60. The molecule has 0 fully saturated rings. The number of rotatable bonds is 4. The fourth-order valence-corrected chi connectivity index (χ4v) is 1.48. The van der Waals surface area contributed by atoms with Crippen molar-refractivity contribution < 1.29 is 9.90 Å². The molecule has 2 aromatic heterocycles. The number of carbonyl (C=O) groups is 1. The van der Waals surface area contributed by atoms with Crippen LogP contribution >= 0.6 is 0 Å². The van der Waals surface area contributed by atoms with Crippen molar-refractivity contribution in [2.75, 3.05) is 5.32 Å². The Kier molecular flexibility index (Phi) is 3.04. The topological polar surface area (TPSA) is 80.0 Å². The van der Waals surface area contributed by atoms with Crippen molar-refractivity contribution in [3.8, 4) is 0 Å². The molecule has 0 bridgehead atoms. The van der Waals surface area contributed by atoms with E-state index >= 15 is 0 Å². The molecule has 2 N–H and O–H groups in total. The van der Waals surface area contributed by atoms with Gasteiger partial charge in [-0.25, -0.2) is 4.79 Å².